The summed E-state index contributed by atoms with van der Waals surface area (Å²) in [5.41, 5.74) is 0. The van der Waals surface area contributed by atoms with Crippen LogP contribution in [0.25, 0.3) is 9.53 Å². The van der Waals surface area contributed by atoms with Crippen molar-refractivity contribution in [2.24, 2.45) is 0 Å². The number of aromatic nitrogens is 1. The minimum atomic E-state index is -0.798. The Kier molecular flexibility index (Phi) is 6.13. The van der Waals surface area contributed by atoms with Gasteiger partial charge in [-0.25, -0.2) is 4.98 Å². The van der Waals surface area contributed by atoms with Crippen LogP contribution in [0.3, 0.4) is 0 Å². The van der Waals surface area contributed by atoms with E-state index in [0.29, 0.717) is 17.8 Å². The summed E-state index contributed by atoms with van der Waals surface area (Å²) >= 11 is 3.08. The number of amides is 1. The lowest BCUT2D eigenvalue weighted by Gasteiger charge is -2.35. The minimum Gasteiger partial charge on any atom is -0.481 e. The number of carboxylic acids is 1. The van der Waals surface area contributed by atoms with Crippen molar-refractivity contribution < 1.29 is 14.7 Å². The molecule has 2 aromatic heterocycles. The molecule has 3 rings (SSSR count). The second kappa shape index (κ2) is 8.35. The maximum atomic E-state index is 13.0. The smallest absolute Gasteiger partial charge is 0.303 e. The summed E-state index contributed by atoms with van der Waals surface area (Å²) < 4.78 is 1.05. The predicted molar refractivity (Wildman–Crippen MR) is 107 cm³/mol. The van der Waals surface area contributed by atoms with Crippen molar-refractivity contribution in [3.63, 3.8) is 0 Å². The van der Waals surface area contributed by atoms with E-state index in [4.69, 9.17) is 10.1 Å². The molecule has 1 N–H and O–H groups in total. The molecular formula is C18H25N3O3S2. The van der Waals surface area contributed by atoms with Gasteiger partial charge in [0, 0.05) is 32.1 Å². The van der Waals surface area contributed by atoms with Crippen LogP contribution < -0.4 is 4.90 Å². The number of anilines is 1. The zero-order chi connectivity index (χ0) is 18.7. The van der Waals surface area contributed by atoms with Gasteiger partial charge in [-0.05, 0) is 45.6 Å². The lowest BCUT2D eigenvalue weighted by atomic mass is 9.97. The van der Waals surface area contributed by atoms with E-state index in [1.807, 2.05) is 11.0 Å². The third kappa shape index (κ3) is 4.01. The fraction of sp³-hybridized carbons (Fsp3) is 0.611. The Bertz CT molecular complexity index is 750. The van der Waals surface area contributed by atoms with Crippen molar-refractivity contribution in [2.75, 3.05) is 24.5 Å². The molecule has 1 aliphatic rings. The number of hydrogen-bond donors (Lipinski definition) is 1. The van der Waals surface area contributed by atoms with Gasteiger partial charge in [-0.2, -0.15) is 0 Å². The van der Waals surface area contributed by atoms with Gasteiger partial charge in [0.1, 0.15) is 4.83 Å². The molecule has 142 valence electrons. The van der Waals surface area contributed by atoms with Crippen LogP contribution in [0.1, 0.15) is 55.6 Å². The molecule has 1 aliphatic heterocycles. The number of aliphatic carboxylic acids is 1. The quantitative estimate of drug-likeness (QED) is 0.765. The third-order valence-electron chi connectivity index (χ3n) is 4.90. The molecular weight excluding hydrogens is 370 g/mol. The Balaban J connectivity index is 1.77. The van der Waals surface area contributed by atoms with Gasteiger partial charge in [0.15, 0.2) is 5.13 Å². The average molecular weight is 396 g/mol. The van der Waals surface area contributed by atoms with Crippen LogP contribution in [0.2, 0.25) is 0 Å². The molecule has 0 aliphatic carbocycles. The normalized spacial score (nSPS) is 17.6. The summed E-state index contributed by atoms with van der Waals surface area (Å²) in [6.07, 6.45) is 3.58. The van der Waals surface area contributed by atoms with Gasteiger partial charge < -0.3 is 14.9 Å². The number of thiophene rings is 1. The first-order valence-corrected chi connectivity index (χ1v) is 10.8. The largest absolute Gasteiger partial charge is 0.481 e. The topological polar surface area (TPSA) is 73.7 Å². The second-order valence-corrected chi connectivity index (χ2v) is 8.57. The standard InChI is InChI=1S/C18H25N3O3S2/c1-3-20(4-2)18-19-16-13(26-18)11-14(25-16)17(24)21-10-6-5-7-12(21)8-9-15(22)23/h11-12H,3-10H2,1-2H3,(H,22,23). The van der Waals surface area contributed by atoms with E-state index in [2.05, 4.69) is 18.7 Å². The van der Waals surface area contributed by atoms with Gasteiger partial charge in [-0.1, -0.05) is 11.3 Å². The summed E-state index contributed by atoms with van der Waals surface area (Å²) in [4.78, 5) is 34.3. The monoisotopic (exact) mass is 395 g/mol. The Labute approximate surface area is 161 Å². The Morgan fingerprint density at radius 1 is 1.31 bits per heavy atom. The Morgan fingerprint density at radius 3 is 2.73 bits per heavy atom. The highest BCUT2D eigenvalue weighted by molar-refractivity contribution is 7.29. The number of piperidine rings is 1. The number of nitrogens with zero attached hydrogens (tertiary/aromatic N) is 3. The van der Waals surface area contributed by atoms with E-state index in [1.54, 1.807) is 11.3 Å². The van der Waals surface area contributed by atoms with E-state index in [1.165, 1.54) is 11.3 Å². The van der Waals surface area contributed by atoms with Gasteiger partial charge in [-0.15, -0.1) is 11.3 Å². The highest BCUT2D eigenvalue weighted by Crippen LogP contribution is 2.36. The lowest BCUT2D eigenvalue weighted by molar-refractivity contribution is -0.137. The molecule has 8 heteroatoms. The first-order valence-electron chi connectivity index (χ1n) is 9.21. The van der Waals surface area contributed by atoms with Crippen LogP contribution in [0.5, 0.6) is 0 Å². The second-order valence-electron chi connectivity index (χ2n) is 6.53. The summed E-state index contributed by atoms with van der Waals surface area (Å²) in [6.45, 7) is 6.78. The van der Waals surface area contributed by atoms with Gasteiger partial charge >= 0.3 is 5.97 Å². The maximum Gasteiger partial charge on any atom is 0.303 e. The van der Waals surface area contributed by atoms with Crippen LogP contribution in [0.15, 0.2) is 6.07 Å². The van der Waals surface area contributed by atoms with Gasteiger partial charge in [-0.3, -0.25) is 9.59 Å². The minimum absolute atomic E-state index is 0.0275. The lowest BCUT2D eigenvalue weighted by Crippen LogP contribution is -2.43. The number of thiazole rings is 1. The predicted octanol–water partition coefficient (Wildman–Crippen LogP) is 4.06. The van der Waals surface area contributed by atoms with Crippen LogP contribution in [-0.4, -0.2) is 52.5 Å². The molecule has 26 heavy (non-hydrogen) atoms. The number of carbonyl (C=O) groups excluding carboxylic acids is 1. The van der Waals surface area contributed by atoms with Crippen molar-refractivity contribution >= 4 is 49.2 Å². The summed E-state index contributed by atoms with van der Waals surface area (Å²) in [5.74, 6) is -0.771. The number of carbonyl (C=O) groups is 2. The maximum absolute atomic E-state index is 13.0. The van der Waals surface area contributed by atoms with Crippen molar-refractivity contribution in [2.45, 2.75) is 52.0 Å². The molecule has 1 amide bonds. The molecule has 6 nitrogen and oxygen atoms in total. The SMILES string of the molecule is CCN(CC)c1nc2sc(C(=O)N3CCCCC3CCC(=O)O)cc2s1. The van der Waals surface area contributed by atoms with E-state index < -0.39 is 5.97 Å². The molecule has 0 saturated carbocycles. The molecule has 1 unspecified atom stereocenters. The summed E-state index contributed by atoms with van der Waals surface area (Å²) in [6, 6.07) is 1.99. The van der Waals surface area contributed by atoms with Gasteiger partial charge in [0.2, 0.25) is 0 Å². The number of fused-ring (bicyclic) bond motifs is 1. The molecule has 0 bridgehead atoms. The molecule has 2 aromatic rings. The Morgan fingerprint density at radius 2 is 2.08 bits per heavy atom. The molecule has 0 aromatic carbocycles. The molecule has 1 atom stereocenters. The number of carboxylic acid groups (broad SMARTS) is 1. The van der Waals surface area contributed by atoms with Gasteiger partial charge in [0.25, 0.3) is 5.91 Å². The van der Waals surface area contributed by atoms with Crippen LogP contribution >= 0.6 is 22.7 Å². The summed E-state index contributed by atoms with van der Waals surface area (Å²) in [7, 11) is 0. The van der Waals surface area contributed by atoms with Crippen LogP contribution in [0.4, 0.5) is 5.13 Å². The number of likely N-dealkylation sites (tertiary alicyclic amines) is 1. The molecule has 0 spiro atoms. The highest BCUT2D eigenvalue weighted by Gasteiger charge is 2.29. The zero-order valence-corrected chi connectivity index (χ0v) is 16.9. The van der Waals surface area contributed by atoms with Crippen molar-refractivity contribution in [1.29, 1.82) is 0 Å². The number of rotatable bonds is 7. The van der Waals surface area contributed by atoms with Crippen molar-refractivity contribution in [3.05, 3.63) is 10.9 Å². The van der Waals surface area contributed by atoms with E-state index >= 15 is 0 Å². The molecule has 1 fully saturated rings. The number of hydrogen-bond acceptors (Lipinski definition) is 6. The third-order valence-corrected chi connectivity index (χ3v) is 7.11. The van der Waals surface area contributed by atoms with Crippen molar-refractivity contribution in [1.82, 2.24) is 9.88 Å². The van der Waals surface area contributed by atoms with Crippen LogP contribution in [0, 0.1) is 0 Å². The molecule has 0 radical (unpaired) electrons. The van der Waals surface area contributed by atoms with E-state index in [9.17, 15) is 9.59 Å². The molecule has 3 heterocycles. The Hall–Kier alpha value is -1.67. The van der Waals surface area contributed by atoms with Crippen molar-refractivity contribution in [3.8, 4) is 0 Å². The molecule has 1 saturated heterocycles. The average Bonchev–Trinajstić information content (AvgIpc) is 3.20. The fourth-order valence-corrected chi connectivity index (χ4v) is 5.75. The summed E-state index contributed by atoms with van der Waals surface area (Å²) in [5, 5.41) is 9.96. The zero-order valence-electron chi connectivity index (χ0n) is 15.2. The van der Waals surface area contributed by atoms with E-state index in [0.717, 1.165) is 47.0 Å². The van der Waals surface area contributed by atoms with Crippen LogP contribution in [-0.2, 0) is 4.79 Å². The highest BCUT2D eigenvalue weighted by atomic mass is 32.1. The first-order chi connectivity index (χ1) is 12.5. The first kappa shape index (κ1) is 19.1. The fourth-order valence-electron chi connectivity index (χ4n) is 3.46. The van der Waals surface area contributed by atoms with E-state index in [-0.39, 0.29) is 18.4 Å². The van der Waals surface area contributed by atoms with Gasteiger partial charge in [0.05, 0.1) is 9.58 Å².